The first kappa shape index (κ1) is 20.4. The molecular formula is C20H18F3N3O3. The highest BCUT2D eigenvalue weighted by molar-refractivity contribution is 6.03. The minimum atomic E-state index is -4.48. The summed E-state index contributed by atoms with van der Waals surface area (Å²) in [5, 5.41) is 6.37. The van der Waals surface area contributed by atoms with E-state index in [-0.39, 0.29) is 22.5 Å². The third-order valence-corrected chi connectivity index (χ3v) is 4.14. The normalized spacial score (nSPS) is 12.1. The fraction of sp³-hybridized carbons (Fsp3) is 0.250. The van der Waals surface area contributed by atoms with Crippen LogP contribution in [-0.2, 0) is 11.6 Å². The highest BCUT2D eigenvalue weighted by Crippen LogP contribution is 2.29. The Morgan fingerprint density at radius 2 is 1.72 bits per heavy atom. The summed E-state index contributed by atoms with van der Waals surface area (Å²) < 4.78 is 44.5. The van der Waals surface area contributed by atoms with Gasteiger partial charge in [0.05, 0.1) is 11.1 Å². The summed E-state index contributed by atoms with van der Waals surface area (Å²) in [6, 6.07) is 8.16. The number of amides is 1. The van der Waals surface area contributed by atoms with E-state index >= 15 is 0 Å². The van der Waals surface area contributed by atoms with E-state index < -0.39 is 23.2 Å². The van der Waals surface area contributed by atoms with E-state index in [1.165, 1.54) is 24.4 Å². The number of benzene rings is 1. The number of rotatable bonds is 3. The van der Waals surface area contributed by atoms with Gasteiger partial charge in [0, 0.05) is 29.4 Å². The monoisotopic (exact) mass is 405 g/mol. The Bertz CT molecular complexity index is 1090. The smallest absolute Gasteiger partial charge is 0.359 e. The zero-order valence-corrected chi connectivity index (χ0v) is 15.9. The SMILES string of the molecule is CC(C)(C)c1cc(NC(=O)c2ccc(=O)n(-c3ccc(C(F)(F)F)cc3)c2)no1. The van der Waals surface area contributed by atoms with Gasteiger partial charge in [-0.25, -0.2) is 0 Å². The summed E-state index contributed by atoms with van der Waals surface area (Å²) in [6.07, 6.45) is -3.22. The van der Waals surface area contributed by atoms with Gasteiger partial charge in [-0.1, -0.05) is 25.9 Å². The number of hydrogen-bond donors (Lipinski definition) is 1. The summed E-state index contributed by atoms with van der Waals surface area (Å²) in [5.74, 6) is 0.258. The molecule has 9 heteroatoms. The molecule has 0 aliphatic carbocycles. The average molecular weight is 405 g/mol. The van der Waals surface area contributed by atoms with E-state index in [0.29, 0.717) is 5.76 Å². The van der Waals surface area contributed by atoms with Crippen LogP contribution >= 0.6 is 0 Å². The number of nitrogens with zero attached hydrogens (tertiary/aromatic N) is 2. The quantitative estimate of drug-likeness (QED) is 0.701. The van der Waals surface area contributed by atoms with Gasteiger partial charge in [-0.05, 0) is 30.3 Å². The molecule has 3 rings (SSSR count). The lowest BCUT2D eigenvalue weighted by Gasteiger charge is -2.12. The van der Waals surface area contributed by atoms with E-state index in [4.69, 9.17) is 4.52 Å². The molecule has 152 valence electrons. The summed E-state index contributed by atoms with van der Waals surface area (Å²) >= 11 is 0. The Balaban J connectivity index is 1.86. The van der Waals surface area contributed by atoms with E-state index in [0.717, 1.165) is 22.8 Å². The maximum Gasteiger partial charge on any atom is 0.416 e. The van der Waals surface area contributed by atoms with Crippen LogP contribution in [0.1, 0.15) is 42.5 Å². The number of halogens is 3. The van der Waals surface area contributed by atoms with Gasteiger partial charge in [-0.15, -0.1) is 0 Å². The van der Waals surface area contributed by atoms with Crippen molar-refractivity contribution in [2.24, 2.45) is 0 Å². The van der Waals surface area contributed by atoms with Crippen LogP contribution in [0.25, 0.3) is 5.69 Å². The Kier molecular flexibility index (Phi) is 5.08. The Labute approximate surface area is 163 Å². The maximum absolute atomic E-state index is 12.7. The third kappa shape index (κ3) is 4.56. The van der Waals surface area contributed by atoms with E-state index in [1.54, 1.807) is 6.07 Å². The topological polar surface area (TPSA) is 77.1 Å². The number of carbonyl (C=O) groups is 1. The molecule has 1 aromatic carbocycles. The van der Waals surface area contributed by atoms with Crippen molar-refractivity contribution in [2.45, 2.75) is 32.4 Å². The molecule has 0 atom stereocenters. The van der Waals surface area contributed by atoms with Gasteiger partial charge in [0.15, 0.2) is 5.82 Å². The zero-order chi connectivity index (χ0) is 21.4. The summed E-state index contributed by atoms with van der Waals surface area (Å²) in [4.78, 5) is 24.6. The van der Waals surface area contributed by atoms with Crippen LogP contribution in [0.3, 0.4) is 0 Å². The van der Waals surface area contributed by atoms with Crippen molar-refractivity contribution in [3.8, 4) is 5.69 Å². The molecule has 6 nitrogen and oxygen atoms in total. The van der Waals surface area contributed by atoms with Crippen molar-refractivity contribution in [2.75, 3.05) is 5.32 Å². The van der Waals surface area contributed by atoms with Crippen molar-refractivity contribution in [3.05, 3.63) is 75.9 Å². The first-order valence-corrected chi connectivity index (χ1v) is 8.64. The van der Waals surface area contributed by atoms with Gasteiger partial charge in [-0.2, -0.15) is 13.2 Å². The molecule has 1 N–H and O–H groups in total. The van der Waals surface area contributed by atoms with Gasteiger partial charge in [-0.3, -0.25) is 14.2 Å². The van der Waals surface area contributed by atoms with Crippen molar-refractivity contribution in [3.63, 3.8) is 0 Å². The molecule has 0 radical (unpaired) electrons. The molecule has 0 unspecified atom stereocenters. The van der Waals surface area contributed by atoms with E-state index in [2.05, 4.69) is 10.5 Å². The highest BCUT2D eigenvalue weighted by atomic mass is 19.4. The van der Waals surface area contributed by atoms with Crippen LogP contribution < -0.4 is 10.9 Å². The number of carbonyl (C=O) groups excluding carboxylic acids is 1. The Morgan fingerprint density at radius 3 is 2.28 bits per heavy atom. The molecule has 0 fully saturated rings. The molecular weight excluding hydrogens is 387 g/mol. The molecule has 1 amide bonds. The van der Waals surface area contributed by atoms with E-state index in [9.17, 15) is 22.8 Å². The van der Waals surface area contributed by atoms with E-state index in [1.807, 2.05) is 20.8 Å². The molecule has 0 saturated heterocycles. The lowest BCUT2D eigenvalue weighted by molar-refractivity contribution is -0.137. The van der Waals surface area contributed by atoms with Crippen LogP contribution in [0.2, 0.25) is 0 Å². The molecule has 3 aromatic rings. The minimum Gasteiger partial charge on any atom is -0.359 e. The van der Waals surface area contributed by atoms with Gasteiger partial charge >= 0.3 is 6.18 Å². The van der Waals surface area contributed by atoms with Crippen molar-refractivity contribution in [1.82, 2.24) is 9.72 Å². The first-order valence-electron chi connectivity index (χ1n) is 8.64. The van der Waals surface area contributed by atoms with Crippen LogP contribution in [0.4, 0.5) is 19.0 Å². The number of anilines is 1. The predicted molar refractivity (Wildman–Crippen MR) is 100 cm³/mol. The molecule has 2 heterocycles. The second kappa shape index (κ2) is 7.23. The molecule has 0 spiro atoms. The van der Waals surface area contributed by atoms with Gasteiger partial charge in [0.1, 0.15) is 5.76 Å². The average Bonchev–Trinajstić information content (AvgIpc) is 3.10. The summed E-state index contributed by atoms with van der Waals surface area (Å²) in [6.45, 7) is 5.79. The maximum atomic E-state index is 12.7. The Hall–Kier alpha value is -3.36. The fourth-order valence-corrected chi connectivity index (χ4v) is 2.51. The second-order valence-electron chi connectivity index (χ2n) is 7.45. The molecule has 0 aliphatic rings. The molecule has 0 aliphatic heterocycles. The largest absolute Gasteiger partial charge is 0.416 e. The van der Waals surface area contributed by atoms with Gasteiger partial charge in [0.25, 0.3) is 11.5 Å². The number of hydrogen-bond acceptors (Lipinski definition) is 4. The molecule has 2 aromatic heterocycles. The van der Waals surface area contributed by atoms with Gasteiger partial charge in [0.2, 0.25) is 0 Å². The van der Waals surface area contributed by atoms with Crippen LogP contribution in [0.15, 0.2) is 58.0 Å². The van der Waals surface area contributed by atoms with Crippen molar-refractivity contribution < 1.29 is 22.5 Å². The number of pyridine rings is 1. The number of alkyl halides is 3. The third-order valence-electron chi connectivity index (χ3n) is 4.14. The molecule has 0 bridgehead atoms. The van der Waals surface area contributed by atoms with Crippen molar-refractivity contribution >= 4 is 11.7 Å². The number of aromatic nitrogens is 2. The standard InChI is InChI=1S/C20H18F3N3O3/c1-19(2,3)15-10-16(25-29-15)24-18(28)12-4-9-17(27)26(11-12)14-7-5-13(6-8-14)20(21,22)23/h4-11H,1-3H3,(H,24,25,28). The van der Waals surface area contributed by atoms with Crippen molar-refractivity contribution in [1.29, 1.82) is 0 Å². The minimum absolute atomic E-state index is 0.129. The van der Waals surface area contributed by atoms with Gasteiger partial charge < -0.3 is 9.84 Å². The van der Waals surface area contributed by atoms with Crippen LogP contribution in [0, 0.1) is 0 Å². The summed E-state index contributed by atoms with van der Waals surface area (Å²) in [5.41, 5.74) is -1.27. The molecule has 0 saturated carbocycles. The lowest BCUT2D eigenvalue weighted by Crippen LogP contribution is -2.21. The predicted octanol–water partition coefficient (Wildman–Crippen LogP) is 4.39. The highest BCUT2D eigenvalue weighted by Gasteiger charge is 2.30. The van der Waals surface area contributed by atoms with Crippen LogP contribution in [0.5, 0.6) is 0 Å². The second-order valence-corrected chi connectivity index (χ2v) is 7.45. The lowest BCUT2D eigenvalue weighted by atomic mass is 9.93. The Morgan fingerprint density at radius 1 is 1.07 bits per heavy atom. The fourth-order valence-electron chi connectivity index (χ4n) is 2.51. The van der Waals surface area contributed by atoms with Crippen LogP contribution in [-0.4, -0.2) is 15.6 Å². The summed E-state index contributed by atoms with van der Waals surface area (Å²) in [7, 11) is 0. The molecule has 29 heavy (non-hydrogen) atoms. The zero-order valence-electron chi connectivity index (χ0n) is 15.9. The number of nitrogens with one attached hydrogen (secondary N) is 1. The first-order chi connectivity index (χ1) is 13.4.